The first-order chi connectivity index (χ1) is 7.84. The Labute approximate surface area is 107 Å². The molecule has 0 bridgehead atoms. The number of benzene rings is 1. The zero-order valence-corrected chi connectivity index (χ0v) is 10.7. The Morgan fingerprint density at radius 2 is 2.00 bits per heavy atom. The number of rotatable bonds is 4. The van der Waals surface area contributed by atoms with Crippen LogP contribution in [-0.4, -0.2) is 0 Å². The van der Waals surface area contributed by atoms with E-state index < -0.39 is 17.8 Å². The zero-order chi connectivity index (χ0) is 13.1. The van der Waals surface area contributed by atoms with Crippen molar-refractivity contribution in [2.75, 3.05) is 0 Å². The van der Waals surface area contributed by atoms with Crippen LogP contribution < -0.4 is 5.73 Å². The quantitative estimate of drug-likeness (QED) is 0.818. The minimum absolute atomic E-state index is 0.386. The molecule has 0 saturated carbocycles. The predicted octanol–water partition coefficient (Wildman–Crippen LogP) is 4.43. The fraction of sp³-hybridized carbons (Fsp3) is 0.333. The molecule has 17 heavy (non-hydrogen) atoms. The Hall–Kier alpha value is -0.810. The van der Waals surface area contributed by atoms with Gasteiger partial charge in [0.25, 0.3) is 0 Å². The lowest BCUT2D eigenvalue weighted by atomic mass is 10.0. The van der Waals surface area contributed by atoms with Crippen LogP contribution in [0.3, 0.4) is 0 Å². The van der Waals surface area contributed by atoms with Gasteiger partial charge in [-0.3, -0.25) is 0 Å². The molecule has 0 spiro atoms. The maximum absolute atomic E-state index is 12.6. The van der Waals surface area contributed by atoms with Gasteiger partial charge in [-0.2, -0.15) is 13.2 Å². The average Bonchev–Trinajstić information content (AvgIpc) is 2.23. The molecule has 1 rings (SSSR count). The highest BCUT2D eigenvalue weighted by atomic mass is 79.9. The topological polar surface area (TPSA) is 26.0 Å². The van der Waals surface area contributed by atoms with Gasteiger partial charge in [0.15, 0.2) is 0 Å². The molecule has 0 radical (unpaired) electrons. The molecule has 0 saturated heterocycles. The summed E-state index contributed by atoms with van der Waals surface area (Å²) in [6, 6.07) is 3.34. The molecule has 0 unspecified atom stereocenters. The van der Waals surface area contributed by atoms with Gasteiger partial charge in [-0.05, 0) is 36.6 Å². The smallest absolute Gasteiger partial charge is 0.324 e. The molecule has 1 nitrogen and oxygen atoms in total. The summed E-state index contributed by atoms with van der Waals surface area (Å²) in [6.07, 6.45) is -1.40. The van der Waals surface area contributed by atoms with Crippen molar-refractivity contribution in [2.45, 2.75) is 25.1 Å². The standard InChI is InChI=1S/C12H13BrF3N/c1-2-3-4-11(17)8-5-9(12(14,15)16)7-10(13)6-8/h2,5-7,11H,1,3-4,17H2/t11-/m1/s1. The minimum atomic E-state index is -4.35. The minimum Gasteiger partial charge on any atom is -0.324 e. The molecule has 5 heteroatoms. The monoisotopic (exact) mass is 307 g/mol. The van der Waals surface area contributed by atoms with Crippen molar-refractivity contribution in [1.29, 1.82) is 0 Å². The maximum atomic E-state index is 12.6. The largest absolute Gasteiger partial charge is 0.416 e. The number of halogens is 4. The first kappa shape index (κ1) is 14.3. The normalized spacial score (nSPS) is 13.5. The second kappa shape index (κ2) is 5.69. The summed E-state index contributed by atoms with van der Waals surface area (Å²) in [4.78, 5) is 0. The van der Waals surface area contributed by atoms with E-state index in [9.17, 15) is 13.2 Å². The number of alkyl halides is 3. The van der Waals surface area contributed by atoms with Crippen molar-refractivity contribution in [3.8, 4) is 0 Å². The zero-order valence-electron chi connectivity index (χ0n) is 9.10. The van der Waals surface area contributed by atoms with Crippen molar-refractivity contribution in [3.63, 3.8) is 0 Å². The molecule has 0 aliphatic heterocycles. The van der Waals surface area contributed by atoms with Crippen LogP contribution in [0.5, 0.6) is 0 Å². The van der Waals surface area contributed by atoms with Crippen molar-refractivity contribution in [3.05, 3.63) is 46.5 Å². The number of hydrogen-bond donors (Lipinski definition) is 1. The van der Waals surface area contributed by atoms with Crippen LogP contribution >= 0.6 is 15.9 Å². The van der Waals surface area contributed by atoms with E-state index in [-0.39, 0.29) is 0 Å². The first-order valence-corrected chi connectivity index (χ1v) is 5.88. The highest BCUT2D eigenvalue weighted by Crippen LogP contribution is 2.33. The highest BCUT2D eigenvalue weighted by molar-refractivity contribution is 9.10. The molecule has 0 aromatic heterocycles. The third-order valence-corrected chi connectivity index (χ3v) is 2.82. The van der Waals surface area contributed by atoms with Crippen molar-refractivity contribution >= 4 is 15.9 Å². The van der Waals surface area contributed by atoms with E-state index >= 15 is 0 Å². The molecular weight excluding hydrogens is 295 g/mol. The van der Waals surface area contributed by atoms with E-state index in [1.54, 1.807) is 12.1 Å². The van der Waals surface area contributed by atoms with Crippen molar-refractivity contribution < 1.29 is 13.2 Å². The molecule has 94 valence electrons. The van der Waals surface area contributed by atoms with Crippen LogP contribution in [0.25, 0.3) is 0 Å². The second-order valence-electron chi connectivity index (χ2n) is 3.74. The maximum Gasteiger partial charge on any atom is 0.416 e. The lowest BCUT2D eigenvalue weighted by Crippen LogP contribution is -2.12. The van der Waals surface area contributed by atoms with E-state index in [1.165, 1.54) is 0 Å². The molecule has 0 aliphatic rings. The molecule has 1 atom stereocenters. The van der Waals surface area contributed by atoms with E-state index in [1.807, 2.05) is 0 Å². The highest BCUT2D eigenvalue weighted by Gasteiger charge is 2.31. The van der Waals surface area contributed by atoms with Gasteiger partial charge in [0, 0.05) is 10.5 Å². The van der Waals surface area contributed by atoms with Crippen LogP contribution in [0.15, 0.2) is 35.3 Å². The summed E-state index contributed by atoms with van der Waals surface area (Å²) < 4.78 is 38.1. The van der Waals surface area contributed by atoms with Gasteiger partial charge in [-0.1, -0.05) is 22.0 Å². The van der Waals surface area contributed by atoms with Crippen LogP contribution in [0, 0.1) is 0 Å². The third-order valence-electron chi connectivity index (χ3n) is 2.36. The van der Waals surface area contributed by atoms with Gasteiger partial charge in [0.1, 0.15) is 0 Å². The summed E-state index contributed by atoms with van der Waals surface area (Å²) in [5.41, 5.74) is 5.62. The van der Waals surface area contributed by atoms with Gasteiger partial charge in [-0.15, -0.1) is 6.58 Å². The molecule has 1 aromatic carbocycles. The molecule has 2 N–H and O–H groups in total. The van der Waals surface area contributed by atoms with Gasteiger partial charge in [0.05, 0.1) is 5.56 Å². The Balaban J connectivity index is 3.00. The Morgan fingerprint density at radius 1 is 1.35 bits per heavy atom. The van der Waals surface area contributed by atoms with Crippen LogP contribution in [0.4, 0.5) is 13.2 Å². The van der Waals surface area contributed by atoms with Gasteiger partial charge < -0.3 is 5.73 Å². The lowest BCUT2D eigenvalue weighted by Gasteiger charge is -2.14. The van der Waals surface area contributed by atoms with Gasteiger partial charge in [0.2, 0.25) is 0 Å². The third kappa shape index (κ3) is 4.16. The number of nitrogens with two attached hydrogens (primary N) is 1. The van der Waals surface area contributed by atoms with Crippen LogP contribution in [-0.2, 0) is 6.18 Å². The molecular formula is C12H13BrF3N. The fourth-order valence-corrected chi connectivity index (χ4v) is 1.97. The number of hydrogen-bond acceptors (Lipinski definition) is 1. The SMILES string of the molecule is C=CCC[C@@H](N)c1cc(Br)cc(C(F)(F)F)c1. The summed E-state index contributed by atoms with van der Waals surface area (Å²) in [5.74, 6) is 0. The van der Waals surface area contributed by atoms with E-state index in [4.69, 9.17) is 5.73 Å². The molecule has 0 amide bonds. The first-order valence-electron chi connectivity index (χ1n) is 5.08. The van der Waals surface area contributed by atoms with E-state index in [0.29, 0.717) is 22.9 Å². The summed E-state index contributed by atoms with van der Waals surface area (Å²) >= 11 is 3.07. The van der Waals surface area contributed by atoms with Crippen molar-refractivity contribution in [1.82, 2.24) is 0 Å². The Morgan fingerprint density at radius 3 is 2.53 bits per heavy atom. The van der Waals surface area contributed by atoms with Crippen LogP contribution in [0.1, 0.15) is 30.0 Å². The Bertz CT molecular complexity index is 401. The molecule has 0 fully saturated rings. The molecule has 0 heterocycles. The number of allylic oxidation sites excluding steroid dienone is 1. The van der Waals surface area contributed by atoms with Crippen molar-refractivity contribution in [2.24, 2.45) is 5.73 Å². The van der Waals surface area contributed by atoms with Gasteiger partial charge in [-0.25, -0.2) is 0 Å². The second-order valence-corrected chi connectivity index (χ2v) is 4.66. The van der Waals surface area contributed by atoms with Gasteiger partial charge >= 0.3 is 6.18 Å². The summed E-state index contributed by atoms with van der Waals surface area (Å²) in [6.45, 7) is 3.56. The average molecular weight is 308 g/mol. The van der Waals surface area contributed by atoms with Crippen LogP contribution in [0.2, 0.25) is 0 Å². The van der Waals surface area contributed by atoms with E-state index in [0.717, 1.165) is 12.1 Å². The molecule has 1 aromatic rings. The summed E-state index contributed by atoms with van der Waals surface area (Å²) in [7, 11) is 0. The summed E-state index contributed by atoms with van der Waals surface area (Å²) in [5, 5.41) is 0. The molecule has 0 aliphatic carbocycles. The fourth-order valence-electron chi connectivity index (χ4n) is 1.45. The predicted molar refractivity (Wildman–Crippen MR) is 65.5 cm³/mol. The Kier molecular flexibility index (Phi) is 4.77. The lowest BCUT2D eigenvalue weighted by molar-refractivity contribution is -0.137. The van der Waals surface area contributed by atoms with E-state index in [2.05, 4.69) is 22.5 Å².